The number of carbonyl (C=O) groups is 1. The van der Waals surface area contributed by atoms with Crippen LogP contribution in [-0.2, 0) is 0 Å². The number of allylic oxidation sites excluding steroid dienone is 2. The molecular weight excluding hydrogens is 412 g/mol. The molecular formula is C28H38N2O3. The van der Waals surface area contributed by atoms with Gasteiger partial charge in [0.1, 0.15) is 11.5 Å². The zero-order chi connectivity index (χ0) is 24.0. The molecule has 1 heterocycles. The Bertz CT molecular complexity index is 995. The van der Waals surface area contributed by atoms with Crippen LogP contribution in [0.5, 0.6) is 11.5 Å². The van der Waals surface area contributed by atoms with Crippen molar-refractivity contribution in [2.45, 2.75) is 66.2 Å². The molecule has 5 heteroatoms. The van der Waals surface area contributed by atoms with Gasteiger partial charge in [0.25, 0.3) is 5.91 Å². The summed E-state index contributed by atoms with van der Waals surface area (Å²) in [6.45, 7) is 9.45. The highest BCUT2D eigenvalue weighted by Crippen LogP contribution is 2.41. The highest BCUT2D eigenvalue weighted by atomic mass is 16.3. The highest BCUT2D eigenvalue weighted by molar-refractivity contribution is 6.14. The second kappa shape index (κ2) is 11.3. The molecule has 2 atom stereocenters. The number of amides is 1. The maximum atomic E-state index is 13.4. The average Bonchev–Trinajstić information content (AvgIpc) is 2.87. The van der Waals surface area contributed by atoms with E-state index >= 15 is 0 Å². The third kappa shape index (κ3) is 6.53. The van der Waals surface area contributed by atoms with E-state index in [0.717, 1.165) is 25.2 Å². The van der Waals surface area contributed by atoms with Gasteiger partial charge in [0, 0.05) is 12.6 Å². The van der Waals surface area contributed by atoms with Crippen molar-refractivity contribution in [3.8, 4) is 11.5 Å². The van der Waals surface area contributed by atoms with Crippen LogP contribution in [0.3, 0.4) is 0 Å². The first-order valence-corrected chi connectivity index (χ1v) is 12.1. The number of aromatic hydroxyl groups is 2. The lowest BCUT2D eigenvalue weighted by molar-refractivity contribution is 0.0986. The van der Waals surface area contributed by atoms with Crippen molar-refractivity contribution in [1.29, 1.82) is 0 Å². The number of anilines is 3. The number of nitrogens with zero attached hydrogens (tertiary/aromatic N) is 1. The zero-order valence-corrected chi connectivity index (χ0v) is 20.4. The van der Waals surface area contributed by atoms with Gasteiger partial charge in [0.15, 0.2) is 0 Å². The van der Waals surface area contributed by atoms with Gasteiger partial charge in [-0.3, -0.25) is 4.79 Å². The van der Waals surface area contributed by atoms with Crippen molar-refractivity contribution in [3.05, 3.63) is 53.6 Å². The van der Waals surface area contributed by atoms with Crippen molar-refractivity contribution < 1.29 is 15.0 Å². The van der Waals surface area contributed by atoms with Crippen LogP contribution in [0.15, 0.2) is 48.0 Å². The molecule has 0 saturated carbocycles. The maximum Gasteiger partial charge on any atom is 0.260 e. The van der Waals surface area contributed by atoms with E-state index in [9.17, 15) is 15.0 Å². The molecule has 5 nitrogen and oxygen atoms in total. The summed E-state index contributed by atoms with van der Waals surface area (Å²) in [6.07, 6.45) is 9.16. The molecule has 178 valence electrons. The molecule has 3 N–H and O–H groups in total. The van der Waals surface area contributed by atoms with Crippen LogP contribution in [0.1, 0.15) is 76.6 Å². The van der Waals surface area contributed by atoms with Crippen molar-refractivity contribution >= 4 is 23.0 Å². The molecule has 0 bridgehead atoms. The fourth-order valence-corrected chi connectivity index (χ4v) is 4.42. The lowest BCUT2D eigenvalue weighted by Crippen LogP contribution is -2.32. The molecule has 0 spiro atoms. The Kier molecular flexibility index (Phi) is 8.43. The Labute approximate surface area is 198 Å². The lowest BCUT2D eigenvalue weighted by atomic mass is 9.93. The van der Waals surface area contributed by atoms with Crippen molar-refractivity contribution in [2.75, 3.05) is 16.8 Å². The second-order valence-corrected chi connectivity index (χ2v) is 9.77. The van der Waals surface area contributed by atoms with Gasteiger partial charge in [-0.05, 0) is 69.2 Å². The number of phenolic OH excluding ortho intramolecular Hbond substituents is 2. The molecule has 2 unspecified atom stereocenters. The number of hydrogen-bond donors (Lipinski definition) is 3. The Hall–Kier alpha value is -2.95. The molecule has 33 heavy (non-hydrogen) atoms. The van der Waals surface area contributed by atoms with Gasteiger partial charge in [-0.25, -0.2) is 0 Å². The fraction of sp³-hybridized carbons (Fsp3) is 0.464. The van der Waals surface area contributed by atoms with Crippen molar-refractivity contribution in [2.24, 2.45) is 11.8 Å². The minimum absolute atomic E-state index is 0.0359. The summed E-state index contributed by atoms with van der Waals surface area (Å²) < 4.78 is 0. The van der Waals surface area contributed by atoms with Gasteiger partial charge < -0.3 is 20.4 Å². The van der Waals surface area contributed by atoms with E-state index in [1.807, 2.05) is 0 Å². The third-order valence-electron chi connectivity index (χ3n) is 6.50. The summed E-state index contributed by atoms with van der Waals surface area (Å²) in [6, 6.07) is 9.91. The van der Waals surface area contributed by atoms with E-state index in [1.165, 1.54) is 24.8 Å². The first-order valence-electron chi connectivity index (χ1n) is 12.1. The molecule has 2 aromatic carbocycles. The van der Waals surface area contributed by atoms with Gasteiger partial charge in [-0.2, -0.15) is 0 Å². The van der Waals surface area contributed by atoms with Crippen molar-refractivity contribution in [1.82, 2.24) is 0 Å². The van der Waals surface area contributed by atoms with Crippen LogP contribution < -0.4 is 10.2 Å². The number of para-hydroxylation sites is 1. The summed E-state index contributed by atoms with van der Waals surface area (Å²) >= 11 is 0. The molecule has 0 aliphatic carbocycles. The van der Waals surface area contributed by atoms with E-state index < -0.39 is 0 Å². The Morgan fingerprint density at radius 3 is 2.48 bits per heavy atom. The first kappa shape index (κ1) is 24.7. The molecule has 0 saturated heterocycles. The number of phenols is 2. The molecule has 2 aromatic rings. The SMILES string of the molecule is CC(C)=CCCC(C)CCCC(C)CCN1C(=O)c2cccc(O)c2Nc2ccc(O)cc21. The molecule has 0 aromatic heterocycles. The summed E-state index contributed by atoms with van der Waals surface area (Å²) in [7, 11) is 0. The molecule has 0 radical (unpaired) electrons. The minimum Gasteiger partial charge on any atom is -0.508 e. The van der Waals surface area contributed by atoms with Crippen LogP contribution in [0.4, 0.5) is 17.1 Å². The second-order valence-electron chi connectivity index (χ2n) is 9.77. The van der Waals surface area contributed by atoms with Crippen LogP contribution in [0.25, 0.3) is 0 Å². The number of nitrogens with one attached hydrogen (secondary N) is 1. The topological polar surface area (TPSA) is 72.8 Å². The average molecular weight is 451 g/mol. The number of fused-ring (bicyclic) bond motifs is 2. The smallest absolute Gasteiger partial charge is 0.260 e. The molecule has 0 fully saturated rings. The summed E-state index contributed by atoms with van der Waals surface area (Å²) in [5, 5.41) is 23.6. The fourth-order valence-electron chi connectivity index (χ4n) is 4.42. The monoisotopic (exact) mass is 450 g/mol. The van der Waals surface area contributed by atoms with E-state index in [0.29, 0.717) is 35.1 Å². The van der Waals surface area contributed by atoms with Gasteiger partial charge in [-0.15, -0.1) is 0 Å². The molecule has 3 rings (SSSR count). The number of benzene rings is 2. The molecule has 1 amide bonds. The van der Waals surface area contributed by atoms with E-state index in [4.69, 9.17) is 0 Å². The summed E-state index contributed by atoms with van der Waals surface area (Å²) in [4.78, 5) is 15.1. The predicted octanol–water partition coefficient (Wildman–Crippen LogP) is 7.38. The van der Waals surface area contributed by atoms with Crippen LogP contribution in [0, 0.1) is 11.8 Å². The van der Waals surface area contributed by atoms with Crippen LogP contribution in [0.2, 0.25) is 0 Å². The minimum atomic E-state index is -0.169. The predicted molar refractivity (Wildman–Crippen MR) is 137 cm³/mol. The highest BCUT2D eigenvalue weighted by Gasteiger charge is 2.28. The van der Waals surface area contributed by atoms with E-state index in [-0.39, 0.29) is 17.4 Å². The van der Waals surface area contributed by atoms with Gasteiger partial charge in [-0.1, -0.05) is 50.8 Å². The number of hydrogen-bond acceptors (Lipinski definition) is 4. The van der Waals surface area contributed by atoms with Gasteiger partial charge in [0.05, 0.1) is 22.6 Å². The Morgan fingerprint density at radius 2 is 1.76 bits per heavy atom. The van der Waals surface area contributed by atoms with Gasteiger partial charge in [0.2, 0.25) is 0 Å². The standard InChI is InChI=1S/C28H38N2O3/c1-19(2)8-5-9-20(3)10-6-11-21(4)16-17-30-25-18-22(31)14-15-24(25)29-27-23(28(30)33)12-7-13-26(27)32/h7-8,12-15,18,20-21,29,31-32H,5-6,9-11,16-17H2,1-4H3. The van der Waals surface area contributed by atoms with Gasteiger partial charge >= 0.3 is 0 Å². The molecule has 1 aliphatic heterocycles. The third-order valence-corrected chi connectivity index (χ3v) is 6.50. The van der Waals surface area contributed by atoms with E-state index in [1.54, 1.807) is 41.3 Å². The maximum absolute atomic E-state index is 13.4. The quantitative estimate of drug-likeness (QED) is 0.201. The van der Waals surface area contributed by atoms with Crippen molar-refractivity contribution in [3.63, 3.8) is 0 Å². The summed E-state index contributed by atoms with van der Waals surface area (Å²) in [5.41, 5.74) is 3.56. The first-order chi connectivity index (χ1) is 15.8. The largest absolute Gasteiger partial charge is 0.508 e. The van der Waals surface area contributed by atoms with E-state index in [2.05, 4.69) is 39.1 Å². The zero-order valence-electron chi connectivity index (χ0n) is 20.4. The number of rotatable bonds is 10. The normalized spacial score (nSPS) is 14.5. The summed E-state index contributed by atoms with van der Waals surface area (Å²) in [5.74, 6) is 1.19. The Balaban J connectivity index is 1.63. The number of carbonyl (C=O) groups excluding carboxylic acids is 1. The van der Waals surface area contributed by atoms with Crippen LogP contribution >= 0.6 is 0 Å². The lowest BCUT2D eigenvalue weighted by Gasteiger charge is -2.25. The Morgan fingerprint density at radius 1 is 1.03 bits per heavy atom. The van der Waals surface area contributed by atoms with Crippen LogP contribution in [-0.4, -0.2) is 22.7 Å². The molecule has 1 aliphatic rings.